The van der Waals surface area contributed by atoms with E-state index in [2.05, 4.69) is 12.2 Å². The number of hydrogen-bond donors (Lipinski definition) is 1. The van der Waals surface area contributed by atoms with Gasteiger partial charge < -0.3 is 10.1 Å². The molecule has 0 radical (unpaired) electrons. The van der Waals surface area contributed by atoms with Crippen LogP contribution >= 0.6 is 23.2 Å². The minimum absolute atomic E-state index is 0.454. The van der Waals surface area contributed by atoms with Crippen LogP contribution < -0.4 is 10.1 Å². The average Bonchev–Trinajstić information content (AvgIpc) is 2.58. The summed E-state index contributed by atoms with van der Waals surface area (Å²) in [4.78, 5) is 0. The summed E-state index contributed by atoms with van der Waals surface area (Å²) in [7, 11) is 0. The average molecular weight is 366 g/mol. The Balaban J connectivity index is 1.86. The van der Waals surface area contributed by atoms with Crippen LogP contribution in [0.2, 0.25) is 10.0 Å². The first-order chi connectivity index (χ1) is 11.7. The highest BCUT2D eigenvalue weighted by atomic mass is 35.5. The van der Waals surface area contributed by atoms with E-state index in [1.54, 1.807) is 0 Å². The molecule has 0 spiro atoms. The van der Waals surface area contributed by atoms with E-state index in [1.165, 1.54) is 25.7 Å². The van der Waals surface area contributed by atoms with Gasteiger partial charge in [0.25, 0.3) is 0 Å². The lowest BCUT2D eigenvalue weighted by Crippen LogP contribution is -2.14. The Labute approximate surface area is 155 Å². The van der Waals surface area contributed by atoms with E-state index in [9.17, 15) is 0 Å². The maximum atomic E-state index is 6.35. The van der Waals surface area contributed by atoms with Crippen molar-refractivity contribution < 1.29 is 4.74 Å². The van der Waals surface area contributed by atoms with Gasteiger partial charge in [-0.1, -0.05) is 79.7 Å². The largest absolute Gasteiger partial charge is 0.486 e. The Hall–Kier alpha value is -1.22. The Kier molecular flexibility index (Phi) is 8.44. The van der Waals surface area contributed by atoms with Crippen LogP contribution in [0.5, 0.6) is 5.75 Å². The summed E-state index contributed by atoms with van der Waals surface area (Å²) in [6, 6.07) is 13.8. The van der Waals surface area contributed by atoms with Gasteiger partial charge in [-0.05, 0) is 36.2 Å². The number of nitrogens with one attached hydrogen (secondary N) is 1. The van der Waals surface area contributed by atoms with Crippen molar-refractivity contribution in [3.63, 3.8) is 0 Å². The molecule has 0 unspecified atom stereocenters. The Morgan fingerprint density at radius 3 is 2.29 bits per heavy atom. The summed E-state index contributed by atoms with van der Waals surface area (Å²) >= 11 is 12.7. The van der Waals surface area contributed by atoms with Crippen LogP contribution in [0.1, 0.15) is 43.7 Å². The zero-order valence-corrected chi connectivity index (χ0v) is 15.7. The van der Waals surface area contributed by atoms with Crippen LogP contribution in [0.3, 0.4) is 0 Å². The second kappa shape index (κ2) is 10.6. The fraction of sp³-hybridized carbons (Fsp3) is 0.400. The fourth-order valence-electron chi connectivity index (χ4n) is 2.49. The zero-order valence-electron chi connectivity index (χ0n) is 14.2. The maximum absolute atomic E-state index is 6.35. The van der Waals surface area contributed by atoms with Crippen molar-refractivity contribution >= 4 is 23.2 Å². The Bertz CT molecular complexity index is 593. The number of rotatable bonds is 10. The van der Waals surface area contributed by atoms with Crippen LogP contribution in [-0.4, -0.2) is 6.54 Å². The molecule has 2 aromatic rings. The lowest BCUT2D eigenvalue weighted by molar-refractivity contribution is 0.306. The van der Waals surface area contributed by atoms with E-state index >= 15 is 0 Å². The van der Waals surface area contributed by atoms with Crippen molar-refractivity contribution in [3.8, 4) is 5.75 Å². The van der Waals surface area contributed by atoms with Crippen LogP contribution in [0, 0.1) is 0 Å². The number of benzene rings is 2. The van der Waals surface area contributed by atoms with Crippen LogP contribution in [0.25, 0.3) is 0 Å². The molecule has 24 heavy (non-hydrogen) atoms. The van der Waals surface area contributed by atoms with Gasteiger partial charge in [-0.2, -0.15) is 0 Å². The predicted molar refractivity (Wildman–Crippen MR) is 103 cm³/mol. The molecule has 2 nitrogen and oxygen atoms in total. The molecule has 0 saturated heterocycles. The van der Waals surface area contributed by atoms with Gasteiger partial charge in [0.1, 0.15) is 6.61 Å². The van der Waals surface area contributed by atoms with E-state index in [0.717, 1.165) is 24.2 Å². The molecule has 2 rings (SSSR count). The van der Waals surface area contributed by atoms with Gasteiger partial charge in [-0.25, -0.2) is 0 Å². The van der Waals surface area contributed by atoms with Crippen molar-refractivity contribution in [1.29, 1.82) is 0 Å². The minimum atomic E-state index is 0.454. The topological polar surface area (TPSA) is 21.3 Å². The Morgan fingerprint density at radius 2 is 1.62 bits per heavy atom. The maximum Gasteiger partial charge on any atom is 0.156 e. The first kappa shape index (κ1) is 19.1. The van der Waals surface area contributed by atoms with Crippen molar-refractivity contribution in [2.45, 2.75) is 45.8 Å². The highest BCUT2D eigenvalue weighted by Crippen LogP contribution is 2.34. The van der Waals surface area contributed by atoms with Crippen LogP contribution in [-0.2, 0) is 13.2 Å². The highest BCUT2D eigenvalue weighted by Gasteiger charge is 2.10. The van der Waals surface area contributed by atoms with E-state index in [1.807, 2.05) is 42.5 Å². The van der Waals surface area contributed by atoms with Gasteiger partial charge >= 0.3 is 0 Å². The molecule has 0 atom stereocenters. The van der Waals surface area contributed by atoms with E-state index < -0.39 is 0 Å². The second-order valence-corrected chi connectivity index (χ2v) is 6.71. The van der Waals surface area contributed by atoms with Crippen molar-refractivity contribution in [2.75, 3.05) is 6.54 Å². The molecule has 0 heterocycles. The SMILES string of the molecule is CCCCCCNCc1cc(Cl)c(OCc2ccccc2)c(Cl)c1. The molecule has 0 amide bonds. The summed E-state index contributed by atoms with van der Waals surface area (Å²) < 4.78 is 5.79. The van der Waals surface area contributed by atoms with Gasteiger partial charge in [0.05, 0.1) is 10.0 Å². The number of halogens is 2. The molecule has 0 aromatic heterocycles. The van der Waals surface area contributed by atoms with Crippen molar-refractivity contribution in [2.24, 2.45) is 0 Å². The smallest absolute Gasteiger partial charge is 0.156 e. The van der Waals surface area contributed by atoms with Crippen LogP contribution in [0.4, 0.5) is 0 Å². The summed E-state index contributed by atoms with van der Waals surface area (Å²) in [5.41, 5.74) is 2.16. The lowest BCUT2D eigenvalue weighted by atomic mass is 10.2. The van der Waals surface area contributed by atoms with Gasteiger partial charge in [0, 0.05) is 6.54 Å². The third kappa shape index (κ3) is 6.35. The third-order valence-electron chi connectivity index (χ3n) is 3.82. The molecule has 130 valence electrons. The first-order valence-corrected chi connectivity index (χ1v) is 9.31. The lowest BCUT2D eigenvalue weighted by Gasteiger charge is -2.12. The predicted octanol–water partition coefficient (Wildman–Crippen LogP) is 6.24. The minimum Gasteiger partial charge on any atom is -0.486 e. The molecule has 0 saturated carbocycles. The van der Waals surface area contributed by atoms with Gasteiger partial charge in [0.15, 0.2) is 5.75 Å². The third-order valence-corrected chi connectivity index (χ3v) is 4.38. The van der Waals surface area contributed by atoms with E-state index in [-0.39, 0.29) is 0 Å². The van der Waals surface area contributed by atoms with Gasteiger partial charge in [-0.15, -0.1) is 0 Å². The molecular formula is C20H25Cl2NO. The summed E-state index contributed by atoms with van der Waals surface area (Å²) in [6.07, 6.45) is 5.04. The first-order valence-electron chi connectivity index (χ1n) is 8.56. The van der Waals surface area contributed by atoms with Crippen LogP contribution in [0.15, 0.2) is 42.5 Å². The monoisotopic (exact) mass is 365 g/mol. The normalized spacial score (nSPS) is 10.8. The molecule has 0 aliphatic rings. The molecule has 0 fully saturated rings. The molecule has 1 N–H and O–H groups in total. The molecule has 4 heteroatoms. The zero-order chi connectivity index (χ0) is 17.2. The highest BCUT2D eigenvalue weighted by molar-refractivity contribution is 6.37. The van der Waals surface area contributed by atoms with E-state index in [0.29, 0.717) is 22.4 Å². The van der Waals surface area contributed by atoms with Gasteiger partial charge in [0.2, 0.25) is 0 Å². The van der Waals surface area contributed by atoms with E-state index in [4.69, 9.17) is 27.9 Å². The van der Waals surface area contributed by atoms with Gasteiger partial charge in [-0.3, -0.25) is 0 Å². The summed E-state index contributed by atoms with van der Waals surface area (Å²) in [6.45, 7) is 4.46. The van der Waals surface area contributed by atoms with Crippen molar-refractivity contribution in [3.05, 3.63) is 63.6 Å². The molecular weight excluding hydrogens is 341 g/mol. The quantitative estimate of drug-likeness (QED) is 0.503. The number of hydrogen-bond acceptors (Lipinski definition) is 2. The fourth-order valence-corrected chi connectivity index (χ4v) is 3.13. The van der Waals surface area contributed by atoms with Crippen molar-refractivity contribution in [1.82, 2.24) is 5.32 Å². The molecule has 0 aliphatic carbocycles. The summed E-state index contributed by atoms with van der Waals surface area (Å²) in [5, 5.41) is 4.55. The second-order valence-electron chi connectivity index (χ2n) is 5.90. The summed E-state index contributed by atoms with van der Waals surface area (Å²) in [5.74, 6) is 0.550. The Morgan fingerprint density at radius 1 is 0.917 bits per heavy atom. The molecule has 2 aromatic carbocycles. The standard InChI is InChI=1S/C20H25Cl2NO/c1-2-3-4-8-11-23-14-17-12-18(21)20(19(22)13-17)24-15-16-9-6-5-7-10-16/h5-7,9-10,12-13,23H,2-4,8,11,14-15H2,1H3. The number of unbranched alkanes of at least 4 members (excludes halogenated alkanes) is 3. The number of ether oxygens (including phenoxy) is 1. The molecule has 0 bridgehead atoms. The molecule has 0 aliphatic heterocycles.